The molecule has 1 amide bonds. The molecule has 0 radical (unpaired) electrons. The van der Waals surface area contributed by atoms with Crippen LogP contribution in [0.2, 0.25) is 0 Å². The van der Waals surface area contributed by atoms with Gasteiger partial charge in [0.1, 0.15) is 12.4 Å². The Bertz CT molecular complexity index is 545. The van der Waals surface area contributed by atoms with Gasteiger partial charge in [-0.2, -0.15) is 0 Å². The van der Waals surface area contributed by atoms with Gasteiger partial charge in [-0.05, 0) is 37.5 Å². The highest BCUT2D eigenvalue weighted by atomic mass is 19.1. The van der Waals surface area contributed by atoms with Crippen LogP contribution >= 0.6 is 0 Å². The predicted molar refractivity (Wildman–Crippen MR) is 81.4 cm³/mol. The van der Waals surface area contributed by atoms with Gasteiger partial charge in [0.15, 0.2) is 0 Å². The Hall–Kier alpha value is -1.86. The standard InChI is InChI=1S/C17H22FNO2/c1-4-12(2)10-13(3)19-17(21)15-8-7-14(6-5-9-20)16(18)11-15/h7-8,11-13,20H,4,9-10H2,1-3H3,(H,19,21). The molecule has 114 valence electrons. The molecule has 0 aliphatic carbocycles. The maximum Gasteiger partial charge on any atom is 0.251 e. The number of hydrogen-bond acceptors (Lipinski definition) is 2. The third-order valence-corrected chi connectivity index (χ3v) is 3.36. The number of aliphatic hydroxyl groups excluding tert-OH is 1. The van der Waals surface area contributed by atoms with E-state index in [1.807, 2.05) is 6.92 Å². The van der Waals surface area contributed by atoms with Crippen LogP contribution in [0.5, 0.6) is 0 Å². The molecule has 1 rings (SSSR count). The van der Waals surface area contributed by atoms with Gasteiger partial charge >= 0.3 is 0 Å². The fourth-order valence-electron chi connectivity index (χ4n) is 2.03. The van der Waals surface area contributed by atoms with Crippen molar-refractivity contribution < 1.29 is 14.3 Å². The summed E-state index contributed by atoms with van der Waals surface area (Å²) in [5.41, 5.74) is 0.450. The Morgan fingerprint density at radius 1 is 1.43 bits per heavy atom. The molecule has 0 spiro atoms. The van der Waals surface area contributed by atoms with Crippen LogP contribution in [-0.4, -0.2) is 23.7 Å². The number of halogens is 1. The van der Waals surface area contributed by atoms with E-state index in [1.165, 1.54) is 18.2 Å². The SMILES string of the molecule is CCC(C)CC(C)NC(=O)c1ccc(C#CCO)c(F)c1. The number of nitrogens with one attached hydrogen (secondary N) is 1. The number of carbonyl (C=O) groups excluding carboxylic acids is 1. The molecular weight excluding hydrogens is 269 g/mol. The van der Waals surface area contributed by atoms with Gasteiger partial charge in [0.05, 0.1) is 5.56 Å². The van der Waals surface area contributed by atoms with Crippen molar-refractivity contribution in [3.63, 3.8) is 0 Å². The summed E-state index contributed by atoms with van der Waals surface area (Å²) in [6.45, 7) is 5.87. The lowest BCUT2D eigenvalue weighted by Crippen LogP contribution is -2.33. The van der Waals surface area contributed by atoms with E-state index < -0.39 is 5.82 Å². The van der Waals surface area contributed by atoms with Gasteiger partial charge in [-0.25, -0.2) is 4.39 Å². The molecule has 4 heteroatoms. The fraction of sp³-hybridized carbons (Fsp3) is 0.471. The molecule has 0 saturated carbocycles. The van der Waals surface area contributed by atoms with Gasteiger partial charge < -0.3 is 10.4 Å². The Balaban J connectivity index is 2.73. The second-order valence-electron chi connectivity index (χ2n) is 5.28. The topological polar surface area (TPSA) is 49.3 Å². The molecule has 0 aliphatic rings. The minimum Gasteiger partial charge on any atom is -0.384 e. The summed E-state index contributed by atoms with van der Waals surface area (Å²) in [5, 5.41) is 11.5. The van der Waals surface area contributed by atoms with Crippen molar-refractivity contribution >= 4 is 5.91 Å². The van der Waals surface area contributed by atoms with Crippen molar-refractivity contribution in [3.05, 3.63) is 35.1 Å². The van der Waals surface area contributed by atoms with Gasteiger partial charge in [-0.3, -0.25) is 4.79 Å². The monoisotopic (exact) mass is 291 g/mol. The molecule has 1 aromatic carbocycles. The van der Waals surface area contributed by atoms with E-state index in [0.29, 0.717) is 5.92 Å². The first-order valence-electron chi connectivity index (χ1n) is 7.18. The predicted octanol–water partition coefficient (Wildman–Crippen LogP) is 2.72. The molecule has 0 saturated heterocycles. The maximum atomic E-state index is 13.8. The van der Waals surface area contributed by atoms with Gasteiger partial charge in [0, 0.05) is 11.6 Å². The van der Waals surface area contributed by atoms with Crippen molar-refractivity contribution in [2.45, 2.75) is 39.7 Å². The van der Waals surface area contributed by atoms with Crippen LogP contribution in [-0.2, 0) is 0 Å². The van der Waals surface area contributed by atoms with Crippen LogP contribution in [0.1, 0.15) is 49.5 Å². The summed E-state index contributed by atoms with van der Waals surface area (Å²) in [7, 11) is 0. The normalized spacial score (nSPS) is 13.0. The average Bonchev–Trinajstić information content (AvgIpc) is 2.45. The van der Waals surface area contributed by atoms with Crippen LogP contribution in [0.3, 0.4) is 0 Å². The molecule has 0 aromatic heterocycles. The van der Waals surface area contributed by atoms with E-state index in [0.717, 1.165) is 12.8 Å². The molecule has 2 N–H and O–H groups in total. The molecule has 3 nitrogen and oxygen atoms in total. The summed E-state index contributed by atoms with van der Waals surface area (Å²) < 4.78 is 13.8. The Labute approximate surface area is 125 Å². The fourth-order valence-corrected chi connectivity index (χ4v) is 2.03. The van der Waals surface area contributed by atoms with E-state index in [2.05, 4.69) is 31.0 Å². The van der Waals surface area contributed by atoms with Crippen molar-refractivity contribution in [1.29, 1.82) is 0 Å². The Morgan fingerprint density at radius 3 is 2.71 bits per heavy atom. The maximum absolute atomic E-state index is 13.8. The van der Waals surface area contributed by atoms with E-state index >= 15 is 0 Å². The molecule has 0 aliphatic heterocycles. The van der Waals surface area contributed by atoms with Crippen molar-refractivity contribution in [1.82, 2.24) is 5.32 Å². The van der Waals surface area contributed by atoms with Gasteiger partial charge in [-0.1, -0.05) is 32.1 Å². The average molecular weight is 291 g/mol. The van der Waals surface area contributed by atoms with Gasteiger partial charge in [-0.15, -0.1) is 0 Å². The Morgan fingerprint density at radius 2 is 2.14 bits per heavy atom. The van der Waals surface area contributed by atoms with Crippen LogP contribution < -0.4 is 5.32 Å². The van der Waals surface area contributed by atoms with Crippen molar-refractivity contribution in [2.75, 3.05) is 6.61 Å². The Kier molecular flexibility index (Phi) is 6.90. The second kappa shape index (κ2) is 8.43. The van der Waals surface area contributed by atoms with Crippen molar-refractivity contribution in [3.8, 4) is 11.8 Å². The molecule has 0 bridgehead atoms. The zero-order valence-electron chi connectivity index (χ0n) is 12.7. The van der Waals surface area contributed by atoms with E-state index in [9.17, 15) is 9.18 Å². The molecule has 21 heavy (non-hydrogen) atoms. The highest BCUT2D eigenvalue weighted by molar-refractivity contribution is 5.94. The highest BCUT2D eigenvalue weighted by Gasteiger charge is 2.13. The lowest BCUT2D eigenvalue weighted by molar-refractivity contribution is 0.0935. The first kappa shape index (κ1) is 17.2. The van der Waals surface area contributed by atoms with Gasteiger partial charge in [0.2, 0.25) is 0 Å². The zero-order chi connectivity index (χ0) is 15.8. The zero-order valence-corrected chi connectivity index (χ0v) is 12.7. The largest absolute Gasteiger partial charge is 0.384 e. The second-order valence-corrected chi connectivity index (χ2v) is 5.28. The number of carbonyl (C=O) groups is 1. The van der Waals surface area contributed by atoms with Gasteiger partial charge in [0.25, 0.3) is 5.91 Å². The minimum atomic E-state index is -0.557. The summed E-state index contributed by atoms with van der Waals surface area (Å²) in [6.07, 6.45) is 1.96. The molecule has 1 aromatic rings. The minimum absolute atomic E-state index is 0.0457. The summed E-state index contributed by atoms with van der Waals surface area (Å²) in [4.78, 5) is 12.0. The number of rotatable bonds is 5. The van der Waals surface area contributed by atoms with Crippen LogP contribution in [0.25, 0.3) is 0 Å². The molecule has 0 heterocycles. The van der Waals surface area contributed by atoms with E-state index in [1.54, 1.807) is 0 Å². The first-order valence-corrected chi connectivity index (χ1v) is 7.18. The number of aliphatic hydroxyl groups is 1. The summed E-state index contributed by atoms with van der Waals surface area (Å²) >= 11 is 0. The number of amides is 1. The molecule has 2 unspecified atom stereocenters. The van der Waals surface area contributed by atoms with Crippen molar-refractivity contribution in [2.24, 2.45) is 5.92 Å². The third-order valence-electron chi connectivity index (χ3n) is 3.36. The summed E-state index contributed by atoms with van der Waals surface area (Å²) in [5.74, 6) is 4.57. The molecule has 0 fully saturated rings. The van der Waals surface area contributed by atoms with E-state index in [4.69, 9.17) is 5.11 Å². The molecular formula is C17H22FNO2. The summed E-state index contributed by atoms with van der Waals surface area (Å²) in [6, 6.07) is 4.21. The van der Waals surface area contributed by atoms with Crippen LogP contribution in [0.4, 0.5) is 4.39 Å². The quantitative estimate of drug-likeness (QED) is 0.820. The van der Waals surface area contributed by atoms with E-state index in [-0.39, 0.29) is 29.7 Å². The van der Waals surface area contributed by atoms with Crippen LogP contribution in [0, 0.1) is 23.6 Å². The first-order chi connectivity index (χ1) is 9.97. The lowest BCUT2D eigenvalue weighted by Gasteiger charge is -2.17. The molecule has 2 atom stereocenters. The lowest BCUT2D eigenvalue weighted by atomic mass is 10.00. The van der Waals surface area contributed by atoms with Crippen LogP contribution in [0.15, 0.2) is 18.2 Å². The number of benzene rings is 1. The third kappa shape index (κ3) is 5.57. The highest BCUT2D eigenvalue weighted by Crippen LogP contribution is 2.12. The number of hydrogen-bond donors (Lipinski definition) is 2. The smallest absolute Gasteiger partial charge is 0.251 e.